The van der Waals surface area contributed by atoms with Crippen LogP contribution in [0.2, 0.25) is 6.55 Å². The normalized spacial score (nSPS) is 12.9. The van der Waals surface area contributed by atoms with E-state index in [0.717, 1.165) is 6.61 Å². The molecule has 0 aromatic carbocycles. The predicted molar refractivity (Wildman–Crippen MR) is 59.8 cm³/mol. The van der Waals surface area contributed by atoms with E-state index >= 15 is 0 Å². The van der Waals surface area contributed by atoms with E-state index in [1.807, 2.05) is 6.92 Å². The molecule has 0 saturated carbocycles. The Morgan fingerprint density at radius 3 is 1.69 bits per heavy atom. The molecule has 0 heterocycles. The second-order valence-corrected chi connectivity index (χ2v) is 7.00. The molecule has 0 amide bonds. The monoisotopic (exact) mass is 204 g/mol. The highest BCUT2D eigenvalue weighted by atomic mass is 28.4. The van der Waals surface area contributed by atoms with Gasteiger partial charge in [0.05, 0.1) is 0 Å². The van der Waals surface area contributed by atoms with Crippen molar-refractivity contribution in [3.8, 4) is 0 Å². The molecule has 3 nitrogen and oxygen atoms in total. The first-order valence-corrected chi connectivity index (χ1v) is 7.49. The van der Waals surface area contributed by atoms with E-state index in [2.05, 4.69) is 44.2 Å². The van der Waals surface area contributed by atoms with Gasteiger partial charge in [-0.1, -0.05) is 27.7 Å². The molecule has 0 aromatic heterocycles. The minimum atomic E-state index is -1.88. The fourth-order valence-electron chi connectivity index (χ4n) is 1.52. The zero-order valence-electron chi connectivity index (χ0n) is 9.77. The van der Waals surface area contributed by atoms with Crippen molar-refractivity contribution in [2.24, 2.45) is 0 Å². The Kier molecular flexibility index (Phi) is 5.79. The first-order chi connectivity index (χ1) is 5.89. The van der Waals surface area contributed by atoms with Gasteiger partial charge in [-0.2, -0.15) is 0 Å². The summed E-state index contributed by atoms with van der Waals surface area (Å²) in [5, 5.41) is 0. The van der Waals surface area contributed by atoms with E-state index in [1.54, 1.807) is 0 Å². The molecule has 0 fully saturated rings. The smallest absolute Gasteiger partial charge is 0.349 e. The van der Waals surface area contributed by atoms with Gasteiger partial charge < -0.3 is 14.4 Å². The van der Waals surface area contributed by atoms with Crippen LogP contribution in [0, 0.1) is 0 Å². The molecule has 0 atom stereocenters. The molecule has 80 valence electrons. The fourth-order valence-corrected chi connectivity index (χ4v) is 4.55. The van der Waals surface area contributed by atoms with Crippen molar-refractivity contribution < 1.29 is 4.43 Å². The van der Waals surface area contributed by atoms with Gasteiger partial charge in [-0.15, -0.1) is 0 Å². The van der Waals surface area contributed by atoms with E-state index in [1.165, 1.54) is 0 Å². The van der Waals surface area contributed by atoms with Crippen molar-refractivity contribution in [3.05, 3.63) is 0 Å². The molecule has 4 heteroatoms. The number of hydrogen-bond donors (Lipinski definition) is 2. The summed E-state index contributed by atoms with van der Waals surface area (Å²) < 4.78 is 5.77. The van der Waals surface area contributed by atoms with E-state index in [9.17, 15) is 0 Å². The first-order valence-electron chi connectivity index (χ1n) is 5.09. The summed E-state index contributed by atoms with van der Waals surface area (Å²) in [6.07, 6.45) is 0. The Labute approximate surface area is 83.5 Å². The molecule has 0 spiro atoms. The third-order valence-electron chi connectivity index (χ3n) is 1.56. The Balaban J connectivity index is 4.15. The summed E-state index contributed by atoms with van der Waals surface area (Å²) in [4.78, 5) is 6.99. The van der Waals surface area contributed by atoms with Crippen LogP contribution in [0.15, 0.2) is 0 Å². The SMILES string of the molecule is CCO[Si](C)(NC(C)C)NC(C)C. The van der Waals surface area contributed by atoms with Gasteiger partial charge in [0.15, 0.2) is 0 Å². The molecule has 0 unspecified atom stereocenters. The quantitative estimate of drug-likeness (QED) is 0.645. The largest absolute Gasteiger partial charge is 0.392 e. The lowest BCUT2D eigenvalue weighted by Crippen LogP contribution is -2.66. The lowest BCUT2D eigenvalue weighted by Gasteiger charge is -2.32. The van der Waals surface area contributed by atoms with Gasteiger partial charge in [0.2, 0.25) is 0 Å². The van der Waals surface area contributed by atoms with Gasteiger partial charge in [0.1, 0.15) is 0 Å². The zero-order chi connectivity index (χ0) is 10.5. The minimum Gasteiger partial charge on any atom is -0.392 e. The van der Waals surface area contributed by atoms with E-state index in [4.69, 9.17) is 4.43 Å². The second-order valence-electron chi connectivity index (χ2n) is 4.06. The maximum absolute atomic E-state index is 5.77. The molecule has 0 aliphatic heterocycles. The van der Waals surface area contributed by atoms with Gasteiger partial charge in [0.25, 0.3) is 0 Å². The molecule has 13 heavy (non-hydrogen) atoms. The third kappa shape index (κ3) is 6.21. The highest BCUT2D eigenvalue weighted by Crippen LogP contribution is 2.00. The van der Waals surface area contributed by atoms with Crippen LogP contribution in [0.4, 0.5) is 0 Å². The Bertz CT molecular complexity index is 130. The number of rotatable bonds is 6. The topological polar surface area (TPSA) is 33.3 Å². The molecule has 0 radical (unpaired) electrons. The molecule has 0 saturated heterocycles. The first kappa shape index (κ1) is 13.1. The van der Waals surface area contributed by atoms with E-state index < -0.39 is 8.64 Å². The highest BCUT2D eigenvalue weighted by Gasteiger charge is 2.30. The lowest BCUT2D eigenvalue weighted by molar-refractivity contribution is 0.295. The molecular weight excluding hydrogens is 180 g/mol. The summed E-state index contributed by atoms with van der Waals surface area (Å²) in [6, 6.07) is 0.934. The predicted octanol–water partition coefficient (Wildman–Crippen LogP) is 1.59. The van der Waals surface area contributed by atoms with Crippen LogP contribution in [0.3, 0.4) is 0 Å². The Morgan fingerprint density at radius 2 is 1.46 bits per heavy atom. The fraction of sp³-hybridized carbons (Fsp3) is 1.00. The molecular formula is C9H24N2OSi. The average molecular weight is 204 g/mol. The molecule has 0 aliphatic rings. The van der Waals surface area contributed by atoms with Crippen molar-refractivity contribution in [1.82, 2.24) is 9.96 Å². The van der Waals surface area contributed by atoms with E-state index in [-0.39, 0.29) is 0 Å². The number of nitrogens with one attached hydrogen (secondary N) is 2. The highest BCUT2D eigenvalue weighted by molar-refractivity contribution is 6.67. The summed E-state index contributed by atoms with van der Waals surface area (Å²) >= 11 is 0. The van der Waals surface area contributed by atoms with E-state index in [0.29, 0.717) is 12.1 Å². The summed E-state index contributed by atoms with van der Waals surface area (Å²) in [5.74, 6) is 0. The summed E-state index contributed by atoms with van der Waals surface area (Å²) in [7, 11) is -1.88. The van der Waals surface area contributed by atoms with Crippen molar-refractivity contribution in [1.29, 1.82) is 0 Å². The van der Waals surface area contributed by atoms with Gasteiger partial charge in [-0.05, 0) is 25.6 Å². The van der Waals surface area contributed by atoms with Crippen molar-refractivity contribution in [2.45, 2.75) is 53.2 Å². The van der Waals surface area contributed by atoms with Crippen LogP contribution in [0.1, 0.15) is 34.6 Å². The standard InChI is InChI=1S/C9H24N2OSi/c1-7-12-13(6,10-8(2)3)11-9(4)5/h8-11H,7H2,1-6H3. The van der Waals surface area contributed by atoms with Gasteiger partial charge >= 0.3 is 8.64 Å². The molecule has 2 N–H and O–H groups in total. The lowest BCUT2D eigenvalue weighted by atomic mass is 10.4. The summed E-state index contributed by atoms with van der Waals surface area (Å²) in [5.41, 5.74) is 0. The van der Waals surface area contributed by atoms with Crippen molar-refractivity contribution in [3.63, 3.8) is 0 Å². The minimum absolute atomic E-state index is 0.467. The summed E-state index contributed by atoms with van der Waals surface area (Å²) in [6.45, 7) is 13.5. The van der Waals surface area contributed by atoms with Crippen molar-refractivity contribution >= 4 is 8.64 Å². The Morgan fingerprint density at radius 1 is 1.08 bits per heavy atom. The zero-order valence-corrected chi connectivity index (χ0v) is 10.8. The van der Waals surface area contributed by atoms with Crippen LogP contribution in [-0.2, 0) is 4.43 Å². The van der Waals surface area contributed by atoms with Gasteiger partial charge in [-0.3, -0.25) is 0 Å². The van der Waals surface area contributed by atoms with Crippen LogP contribution >= 0.6 is 0 Å². The molecule has 0 bridgehead atoms. The van der Waals surface area contributed by atoms with Gasteiger partial charge in [-0.25, -0.2) is 0 Å². The molecule has 0 rings (SSSR count). The maximum Gasteiger partial charge on any atom is 0.349 e. The van der Waals surface area contributed by atoms with Crippen molar-refractivity contribution in [2.75, 3.05) is 6.61 Å². The molecule has 0 aromatic rings. The van der Waals surface area contributed by atoms with Crippen LogP contribution < -0.4 is 9.96 Å². The second kappa shape index (κ2) is 5.75. The van der Waals surface area contributed by atoms with Gasteiger partial charge in [0, 0.05) is 6.61 Å². The third-order valence-corrected chi connectivity index (χ3v) is 4.68. The van der Waals surface area contributed by atoms with Crippen LogP contribution in [-0.4, -0.2) is 27.3 Å². The van der Waals surface area contributed by atoms with Crippen LogP contribution in [0.5, 0.6) is 0 Å². The maximum atomic E-state index is 5.77. The Hall–Kier alpha value is 0.0969. The van der Waals surface area contributed by atoms with Crippen LogP contribution in [0.25, 0.3) is 0 Å². The average Bonchev–Trinajstić information content (AvgIpc) is 1.81. The number of hydrogen-bond acceptors (Lipinski definition) is 3. The molecule has 0 aliphatic carbocycles.